The molecule has 31 heavy (non-hydrogen) atoms. The van der Waals surface area contributed by atoms with Crippen molar-refractivity contribution in [1.29, 1.82) is 0 Å². The molecule has 1 saturated carbocycles. The molecule has 0 spiro atoms. The first-order valence-corrected chi connectivity index (χ1v) is 12.3. The summed E-state index contributed by atoms with van der Waals surface area (Å²) in [5.41, 5.74) is 2.87. The molecule has 1 aromatic rings. The van der Waals surface area contributed by atoms with Crippen molar-refractivity contribution in [2.45, 2.75) is 64.5 Å². The predicted molar refractivity (Wildman–Crippen MR) is 123 cm³/mol. The van der Waals surface area contributed by atoms with Crippen LogP contribution in [0.5, 0.6) is 0 Å². The first kappa shape index (κ1) is 22.8. The van der Waals surface area contributed by atoms with Crippen molar-refractivity contribution in [3.8, 4) is 0 Å². The Balaban J connectivity index is 1.32. The third kappa shape index (κ3) is 5.50. The molecule has 3 fully saturated rings. The molecular weight excluding hydrogens is 388 g/mol. The van der Waals surface area contributed by atoms with E-state index in [9.17, 15) is 4.79 Å². The molecule has 2 saturated heterocycles. The van der Waals surface area contributed by atoms with E-state index < -0.39 is 0 Å². The van der Waals surface area contributed by atoms with Gasteiger partial charge in [0, 0.05) is 38.5 Å². The second-order valence-electron chi connectivity index (χ2n) is 10.2. The van der Waals surface area contributed by atoms with Crippen molar-refractivity contribution in [2.24, 2.45) is 17.8 Å². The van der Waals surface area contributed by atoms with Gasteiger partial charge >= 0.3 is 0 Å². The number of carbonyl (C=O) groups excluding carboxylic acids is 1. The molecule has 1 aromatic carbocycles. The minimum absolute atomic E-state index is 0.00926. The van der Waals surface area contributed by atoms with E-state index in [1.54, 1.807) is 0 Å². The zero-order valence-corrected chi connectivity index (χ0v) is 19.6. The number of carbonyl (C=O) groups is 1. The Kier molecular flexibility index (Phi) is 7.35. The zero-order chi connectivity index (χ0) is 21.8. The van der Waals surface area contributed by atoms with Crippen molar-refractivity contribution in [1.82, 2.24) is 10.2 Å². The van der Waals surface area contributed by atoms with Crippen LogP contribution in [0.15, 0.2) is 24.3 Å². The van der Waals surface area contributed by atoms with E-state index in [2.05, 4.69) is 55.3 Å². The van der Waals surface area contributed by atoms with Crippen LogP contribution >= 0.6 is 0 Å². The molecule has 4 unspecified atom stereocenters. The van der Waals surface area contributed by atoms with E-state index in [-0.39, 0.29) is 11.5 Å². The quantitative estimate of drug-likeness (QED) is 0.613. The average molecular weight is 429 g/mol. The summed E-state index contributed by atoms with van der Waals surface area (Å²) >= 11 is 0. The van der Waals surface area contributed by atoms with Crippen LogP contribution in [0, 0.1) is 17.8 Å². The minimum atomic E-state index is 0.00926. The first-order chi connectivity index (χ1) is 15.0. The van der Waals surface area contributed by atoms with Crippen molar-refractivity contribution in [3.63, 3.8) is 0 Å². The molecule has 4 rings (SSSR count). The zero-order valence-electron chi connectivity index (χ0n) is 19.6. The van der Waals surface area contributed by atoms with Gasteiger partial charge in [0.1, 0.15) is 0 Å². The van der Waals surface area contributed by atoms with E-state index in [4.69, 9.17) is 9.47 Å². The number of hydrogen-bond acceptors (Lipinski definition) is 4. The van der Waals surface area contributed by atoms with Crippen LogP contribution in [0.1, 0.15) is 63.5 Å². The number of nitrogens with one attached hydrogen (secondary N) is 1. The summed E-state index contributed by atoms with van der Waals surface area (Å²) in [4.78, 5) is 14.0. The fourth-order valence-electron chi connectivity index (χ4n) is 5.51. The maximum Gasteiger partial charge on any atom is 0.220 e. The Bertz CT molecular complexity index is 729. The smallest absolute Gasteiger partial charge is 0.220 e. The van der Waals surface area contributed by atoms with Gasteiger partial charge in [0.15, 0.2) is 0 Å². The monoisotopic (exact) mass is 428 g/mol. The van der Waals surface area contributed by atoms with Gasteiger partial charge in [-0.1, -0.05) is 45.0 Å². The lowest BCUT2D eigenvalue weighted by Gasteiger charge is -2.27. The standard InChI is InChI=1S/C26H40N2O3/c1-4-22(23-7-5-20(6-8-23)17-28-9-11-30-12-10-28)14-24-15-26(24,19(2)3)31-18-21-13-25(29)27-16-21/h5-8,19,21-22,24H,4,9-18H2,1-3H3,(H,27,29). The lowest BCUT2D eigenvalue weighted by atomic mass is 9.88. The fraction of sp³-hybridized carbons (Fsp3) is 0.731. The number of nitrogens with zero attached hydrogens (tertiary/aromatic N) is 1. The fourth-order valence-corrected chi connectivity index (χ4v) is 5.51. The lowest BCUT2D eigenvalue weighted by molar-refractivity contribution is -0.119. The number of benzene rings is 1. The number of morpholine rings is 1. The Hall–Kier alpha value is -1.43. The summed E-state index contributed by atoms with van der Waals surface area (Å²) in [6.45, 7) is 13.2. The topological polar surface area (TPSA) is 50.8 Å². The van der Waals surface area contributed by atoms with Gasteiger partial charge in [-0.05, 0) is 48.1 Å². The van der Waals surface area contributed by atoms with Gasteiger partial charge in [-0.15, -0.1) is 0 Å². The van der Waals surface area contributed by atoms with Gasteiger partial charge in [0.25, 0.3) is 0 Å². The van der Waals surface area contributed by atoms with Crippen molar-refractivity contribution >= 4 is 5.91 Å². The van der Waals surface area contributed by atoms with Crippen LogP contribution in [-0.2, 0) is 20.8 Å². The maximum absolute atomic E-state index is 11.5. The highest BCUT2D eigenvalue weighted by molar-refractivity contribution is 5.78. The van der Waals surface area contributed by atoms with Gasteiger partial charge in [-0.2, -0.15) is 0 Å². The highest BCUT2D eigenvalue weighted by Gasteiger charge is 2.57. The lowest BCUT2D eigenvalue weighted by Crippen LogP contribution is -2.35. The third-order valence-corrected chi connectivity index (χ3v) is 7.75. The largest absolute Gasteiger partial charge is 0.379 e. The van der Waals surface area contributed by atoms with Gasteiger partial charge in [-0.3, -0.25) is 9.69 Å². The minimum Gasteiger partial charge on any atom is -0.379 e. The van der Waals surface area contributed by atoms with Gasteiger partial charge in [0.2, 0.25) is 5.91 Å². The molecule has 5 heteroatoms. The Morgan fingerprint density at radius 2 is 1.97 bits per heavy atom. The molecule has 1 N–H and O–H groups in total. The molecule has 0 radical (unpaired) electrons. The third-order valence-electron chi connectivity index (χ3n) is 7.75. The van der Waals surface area contributed by atoms with Crippen LogP contribution in [-0.4, -0.2) is 55.9 Å². The predicted octanol–water partition coefficient (Wildman–Crippen LogP) is 3.97. The average Bonchev–Trinajstić information content (AvgIpc) is 3.34. The molecule has 5 nitrogen and oxygen atoms in total. The summed E-state index contributed by atoms with van der Waals surface area (Å²) in [7, 11) is 0. The van der Waals surface area contributed by atoms with E-state index in [0.717, 1.165) is 52.2 Å². The molecule has 2 heterocycles. The van der Waals surface area contributed by atoms with Crippen LogP contribution in [0.25, 0.3) is 0 Å². The summed E-state index contributed by atoms with van der Waals surface area (Å²) in [5, 5.41) is 2.93. The van der Waals surface area contributed by atoms with Crippen molar-refractivity contribution in [2.75, 3.05) is 39.5 Å². The summed E-state index contributed by atoms with van der Waals surface area (Å²) in [6, 6.07) is 9.33. The van der Waals surface area contributed by atoms with Crippen molar-refractivity contribution < 1.29 is 14.3 Å². The molecular formula is C26H40N2O3. The first-order valence-electron chi connectivity index (χ1n) is 12.3. The maximum atomic E-state index is 11.5. The van der Waals surface area contributed by atoms with Gasteiger partial charge in [0.05, 0.1) is 25.4 Å². The molecule has 2 aliphatic heterocycles. The van der Waals surface area contributed by atoms with Gasteiger partial charge < -0.3 is 14.8 Å². The number of ether oxygens (including phenoxy) is 2. The van der Waals surface area contributed by atoms with Crippen LogP contribution in [0.3, 0.4) is 0 Å². The molecule has 3 aliphatic rings. The van der Waals surface area contributed by atoms with E-state index in [1.165, 1.54) is 17.5 Å². The van der Waals surface area contributed by atoms with E-state index in [1.807, 2.05) is 0 Å². The van der Waals surface area contributed by atoms with Crippen LogP contribution in [0.4, 0.5) is 0 Å². The molecule has 0 bridgehead atoms. The normalized spacial score (nSPS) is 29.9. The highest BCUT2D eigenvalue weighted by atomic mass is 16.5. The number of hydrogen-bond donors (Lipinski definition) is 1. The summed E-state index contributed by atoms with van der Waals surface area (Å²) in [6.07, 6.45) is 4.13. The summed E-state index contributed by atoms with van der Waals surface area (Å²) < 4.78 is 12.0. The Morgan fingerprint density at radius 1 is 1.23 bits per heavy atom. The SMILES string of the molecule is CCC(CC1CC1(OCC1CNC(=O)C1)C(C)C)c1ccc(CN2CCOCC2)cc1. The molecule has 4 atom stereocenters. The Labute approximate surface area is 187 Å². The van der Waals surface area contributed by atoms with E-state index in [0.29, 0.717) is 36.7 Å². The molecule has 0 aromatic heterocycles. The number of rotatable bonds is 10. The number of amides is 1. The molecule has 1 amide bonds. The van der Waals surface area contributed by atoms with E-state index >= 15 is 0 Å². The summed E-state index contributed by atoms with van der Waals surface area (Å²) in [5.74, 6) is 2.22. The Morgan fingerprint density at radius 3 is 2.58 bits per heavy atom. The van der Waals surface area contributed by atoms with Crippen LogP contribution in [0.2, 0.25) is 0 Å². The second kappa shape index (κ2) is 10.0. The van der Waals surface area contributed by atoms with Crippen LogP contribution < -0.4 is 5.32 Å². The molecule has 172 valence electrons. The van der Waals surface area contributed by atoms with Gasteiger partial charge in [-0.25, -0.2) is 0 Å². The second-order valence-corrected chi connectivity index (χ2v) is 10.2. The van der Waals surface area contributed by atoms with Crippen molar-refractivity contribution in [3.05, 3.63) is 35.4 Å². The molecule has 1 aliphatic carbocycles. The highest BCUT2D eigenvalue weighted by Crippen LogP contribution is 2.56.